The summed E-state index contributed by atoms with van der Waals surface area (Å²) < 4.78 is 32.2. The fourth-order valence-corrected chi connectivity index (χ4v) is 3.24. The Morgan fingerprint density at radius 2 is 1.96 bits per heavy atom. The van der Waals surface area contributed by atoms with Crippen LogP contribution in [0, 0.1) is 0 Å². The van der Waals surface area contributed by atoms with Gasteiger partial charge in [-0.05, 0) is 30.3 Å². The predicted molar refractivity (Wildman–Crippen MR) is 98.1 cm³/mol. The molecule has 0 aliphatic rings. The molecule has 0 aliphatic heterocycles. The van der Waals surface area contributed by atoms with Gasteiger partial charge in [-0.1, -0.05) is 34.1 Å². The van der Waals surface area contributed by atoms with Crippen molar-refractivity contribution in [3.8, 4) is 5.75 Å². The van der Waals surface area contributed by atoms with Crippen LogP contribution in [0.4, 0.5) is 0 Å². The average Bonchev–Trinajstić information content (AvgIpc) is 2.61. The molecule has 0 saturated heterocycles. The number of methoxy groups -OCH3 is 1. The first-order valence-electron chi connectivity index (χ1n) is 7.12. The lowest BCUT2D eigenvalue weighted by atomic mass is 10.2. The molecule has 0 radical (unpaired) electrons. The molecule has 7 nitrogen and oxygen atoms in total. The first kappa shape index (κ1) is 19.1. The molecular formula is C16H16BrN3O4S. The molecule has 0 spiro atoms. The van der Waals surface area contributed by atoms with Crippen molar-refractivity contribution in [1.82, 2.24) is 10.1 Å². The van der Waals surface area contributed by atoms with E-state index in [0.29, 0.717) is 11.3 Å². The van der Waals surface area contributed by atoms with E-state index in [9.17, 15) is 13.2 Å². The molecule has 2 aromatic rings. The summed E-state index contributed by atoms with van der Waals surface area (Å²) in [6.07, 6.45) is 1.41. The minimum absolute atomic E-state index is 0.0881. The van der Waals surface area contributed by atoms with Gasteiger partial charge in [0.2, 0.25) is 10.0 Å². The summed E-state index contributed by atoms with van der Waals surface area (Å²) in [6, 6.07) is 13.1. The van der Waals surface area contributed by atoms with Gasteiger partial charge in [-0.25, -0.2) is 18.6 Å². The van der Waals surface area contributed by atoms with E-state index in [-0.39, 0.29) is 4.90 Å². The van der Waals surface area contributed by atoms with Crippen LogP contribution in [0.15, 0.2) is 63.0 Å². The Kier molecular flexibility index (Phi) is 6.68. The SMILES string of the molecule is COc1ccc(Br)cc1/C=N\NC(=O)CNS(=O)(=O)c1ccccc1. The second-order valence-electron chi connectivity index (χ2n) is 4.82. The number of ether oxygens (including phenoxy) is 1. The normalized spacial score (nSPS) is 11.4. The number of hydrogen-bond donors (Lipinski definition) is 2. The smallest absolute Gasteiger partial charge is 0.255 e. The van der Waals surface area contributed by atoms with E-state index in [2.05, 4.69) is 31.2 Å². The van der Waals surface area contributed by atoms with Crippen LogP contribution in [-0.4, -0.2) is 34.2 Å². The molecule has 0 aliphatic carbocycles. The zero-order valence-electron chi connectivity index (χ0n) is 13.3. The molecule has 9 heteroatoms. The average molecular weight is 426 g/mol. The molecule has 2 N–H and O–H groups in total. The number of benzene rings is 2. The van der Waals surface area contributed by atoms with Gasteiger partial charge in [-0.15, -0.1) is 0 Å². The number of hydrogen-bond acceptors (Lipinski definition) is 5. The molecule has 0 atom stereocenters. The molecule has 25 heavy (non-hydrogen) atoms. The third kappa shape index (κ3) is 5.66. The Labute approximate surface area is 154 Å². The molecule has 0 unspecified atom stereocenters. The van der Waals surface area contributed by atoms with E-state index in [4.69, 9.17) is 4.74 Å². The molecule has 2 aromatic carbocycles. The Hall–Kier alpha value is -2.23. The van der Waals surface area contributed by atoms with Crippen LogP contribution in [-0.2, 0) is 14.8 Å². The minimum Gasteiger partial charge on any atom is -0.496 e. The number of hydrazone groups is 1. The maximum atomic E-state index is 12.0. The van der Waals surface area contributed by atoms with Crippen molar-refractivity contribution in [2.75, 3.05) is 13.7 Å². The summed E-state index contributed by atoms with van der Waals surface area (Å²) >= 11 is 3.33. The largest absolute Gasteiger partial charge is 0.496 e. The Morgan fingerprint density at radius 1 is 1.24 bits per heavy atom. The van der Waals surface area contributed by atoms with Crippen LogP contribution in [0.3, 0.4) is 0 Å². The predicted octanol–water partition coefficient (Wildman–Crippen LogP) is 1.89. The van der Waals surface area contributed by atoms with Gasteiger partial charge in [0.15, 0.2) is 0 Å². The third-order valence-corrected chi connectivity index (χ3v) is 4.97. The van der Waals surface area contributed by atoms with Gasteiger partial charge in [0, 0.05) is 10.0 Å². The molecular weight excluding hydrogens is 410 g/mol. The van der Waals surface area contributed by atoms with Crippen molar-refractivity contribution in [2.24, 2.45) is 5.10 Å². The zero-order chi connectivity index (χ0) is 18.3. The van der Waals surface area contributed by atoms with Crippen LogP contribution < -0.4 is 14.9 Å². The monoisotopic (exact) mass is 425 g/mol. The molecule has 0 bridgehead atoms. The number of nitrogens with one attached hydrogen (secondary N) is 2. The molecule has 0 aromatic heterocycles. The lowest BCUT2D eigenvalue weighted by Crippen LogP contribution is -2.34. The van der Waals surface area contributed by atoms with Gasteiger partial charge in [0.25, 0.3) is 5.91 Å². The van der Waals surface area contributed by atoms with Crippen molar-refractivity contribution in [3.05, 3.63) is 58.6 Å². The second kappa shape index (κ2) is 8.75. The van der Waals surface area contributed by atoms with Crippen LogP contribution in [0.2, 0.25) is 0 Å². The van der Waals surface area contributed by atoms with Crippen LogP contribution in [0.1, 0.15) is 5.56 Å². The van der Waals surface area contributed by atoms with Crippen LogP contribution in [0.25, 0.3) is 0 Å². The van der Waals surface area contributed by atoms with Gasteiger partial charge in [0.1, 0.15) is 5.75 Å². The number of sulfonamides is 1. The lowest BCUT2D eigenvalue weighted by molar-refractivity contribution is -0.119. The summed E-state index contributed by atoms with van der Waals surface area (Å²) in [5.74, 6) is -0.00398. The minimum atomic E-state index is -3.74. The number of carbonyl (C=O) groups excluding carboxylic acids is 1. The van der Waals surface area contributed by atoms with E-state index in [0.717, 1.165) is 4.47 Å². The molecule has 1 amide bonds. The number of halogens is 1. The third-order valence-electron chi connectivity index (χ3n) is 3.06. The van der Waals surface area contributed by atoms with Gasteiger partial charge in [-0.3, -0.25) is 4.79 Å². The Morgan fingerprint density at radius 3 is 2.64 bits per heavy atom. The molecule has 0 fully saturated rings. The van der Waals surface area contributed by atoms with Gasteiger partial charge in [0.05, 0.1) is 24.8 Å². The second-order valence-corrected chi connectivity index (χ2v) is 7.50. The van der Waals surface area contributed by atoms with Gasteiger partial charge in [-0.2, -0.15) is 5.10 Å². The summed E-state index contributed by atoms with van der Waals surface area (Å²) in [5.41, 5.74) is 2.91. The fourth-order valence-electron chi connectivity index (χ4n) is 1.86. The van der Waals surface area contributed by atoms with Gasteiger partial charge < -0.3 is 4.74 Å². The molecule has 0 saturated carbocycles. The number of amides is 1. The van der Waals surface area contributed by atoms with Crippen molar-refractivity contribution in [3.63, 3.8) is 0 Å². The summed E-state index contributed by atoms with van der Waals surface area (Å²) in [7, 11) is -2.21. The van der Waals surface area contributed by atoms with E-state index in [1.807, 2.05) is 6.07 Å². The van der Waals surface area contributed by atoms with Crippen molar-refractivity contribution in [2.45, 2.75) is 4.90 Å². The Bertz CT molecular complexity index is 870. The van der Waals surface area contributed by atoms with Crippen molar-refractivity contribution < 1.29 is 17.9 Å². The van der Waals surface area contributed by atoms with Crippen LogP contribution >= 0.6 is 15.9 Å². The number of nitrogens with zero attached hydrogens (tertiary/aromatic N) is 1. The highest BCUT2D eigenvalue weighted by atomic mass is 79.9. The summed E-state index contributed by atoms with van der Waals surface area (Å²) in [5, 5.41) is 3.80. The number of rotatable bonds is 7. The lowest BCUT2D eigenvalue weighted by Gasteiger charge is -2.06. The highest BCUT2D eigenvalue weighted by Gasteiger charge is 2.14. The number of carbonyl (C=O) groups is 1. The van der Waals surface area contributed by atoms with Crippen LogP contribution in [0.5, 0.6) is 5.75 Å². The highest BCUT2D eigenvalue weighted by molar-refractivity contribution is 9.10. The fraction of sp³-hybridized carbons (Fsp3) is 0.125. The van der Waals surface area contributed by atoms with E-state index in [1.54, 1.807) is 30.3 Å². The first-order chi connectivity index (χ1) is 11.9. The van der Waals surface area contributed by atoms with Gasteiger partial charge >= 0.3 is 0 Å². The summed E-state index contributed by atoms with van der Waals surface area (Å²) in [4.78, 5) is 11.8. The topological polar surface area (TPSA) is 96.9 Å². The van der Waals surface area contributed by atoms with E-state index < -0.39 is 22.5 Å². The Balaban J connectivity index is 1.92. The zero-order valence-corrected chi connectivity index (χ0v) is 15.7. The highest BCUT2D eigenvalue weighted by Crippen LogP contribution is 2.21. The van der Waals surface area contributed by atoms with Crippen molar-refractivity contribution in [1.29, 1.82) is 0 Å². The standard InChI is InChI=1S/C16H16BrN3O4S/c1-24-15-8-7-13(17)9-12(15)10-18-20-16(21)11-19-25(22,23)14-5-3-2-4-6-14/h2-10,19H,11H2,1H3,(H,20,21)/b18-10-. The maximum absolute atomic E-state index is 12.0. The van der Waals surface area contributed by atoms with E-state index >= 15 is 0 Å². The van der Waals surface area contributed by atoms with Crippen molar-refractivity contribution >= 4 is 38.1 Å². The maximum Gasteiger partial charge on any atom is 0.255 e. The molecule has 132 valence electrons. The summed E-state index contributed by atoms with van der Waals surface area (Å²) in [6.45, 7) is -0.426. The molecule has 0 heterocycles. The molecule has 2 rings (SSSR count). The first-order valence-corrected chi connectivity index (χ1v) is 9.40. The quantitative estimate of drug-likeness (QED) is 0.522. The van der Waals surface area contributed by atoms with E-state index in [1.165, 1.54) is 25.5 Å².